The van der Waals surface area contributed by atoms with E-state index in [0.717, 1.165) is 4.90 Å². The van der Waals surface area contributed by atoms with Crippen molar-refractivity contribution in [3.05, 3.63) is 58.1 Å². The Morgan fingerprint density at radius 1 is 1.04 bits per heavy atom. The third kappa shape index (κ3) is 10.6. The van der Waals surface area contributed by atoms with Crippen molar-refractivity contribution >= 4 is 39.5 Å². The van der Waals surface area contributed by atoms with Crippen LogP contribution in [0.1, 0.15) is 76.2 Å². The smallest absolute Gasteiger partial charge is 0.471 e. The molecule has 18 heteroatoms. The molecule has 0 aromatic heterocycles. The van der Waals surface area contributed by atoms with E-state index in [-0.39, 0.29) is 42.9 Å². The number of nitriles is 1. The topological polar surface area (TPSA) is 161 Å². The van der Waals surface area contributed by atoms with E-state index < -0.39 is 52.0 Å². The zero-order chi connectivity index (χ0) is 40.3. The fourth-order valence-electron chi connectivity index (χ4n) is 7.26. The summed E-state index contributed by atoms with van der Waals surface area (Å²) in [6.45, 7) is 8.03. The molecule has 55 heavy (non-hydrogen) atoms. The molecule has 300 valence electrons. The Kier molecular flexibility index (Phi) is 13.0. The van der Waals surface area contributed by atoms with Crippen LogP contribution in [0.25, 0.3) is 0 Å². The number of carbonyl (C=O) groups excluding carboxylic acids is 3. The van der Waals surface area contributed by atoms with E-state index in [0.29, 0.717) is 72.8 Å². The number of alkyl carbamates (subject to hydrolysis) is 1. The van der Waals surface area contributed by atoms with Crippen LogP contribution in [0, 0.1) is 11.3 Å². The predicted molar refractivity (Wildman–Crippen MR) is 196 cm³/mol. The molecule has 2 saturated heterocycles. The van der Waals surface area contributed by atoms with Crippen molar-refractivity contribution < 1.29 is 45.4 Å². The number of hydrogen-bond acceptors (Lipinski definition) is 9. The molecule has 0 unspecified atom stereocenters. The summed E-state index contributed by atoms with van der Waals surface area (Å²) in [5.74, 6) is -1.63. The van der Waals surface area contributed by atoms with Gasteiger partial charge in [-0.05, 0) is 101 Å². The summed E-state index contributed by atoms with van der Waals surface area (Å²) in [5.41, 5.74) is 1.09. The first kappa shape index (κ1) is 42.0. The molecular weight excluding hydrogens is 765 g/mol. The molecular formula is C37H46ClF3N6O7S. The Labute approximate surface area is 324 Å². The molecule has 13 nitrogen and oxygen atoms in total. The predicted octanol–water partition coefficient (Wildman–Crippen LogP) is 4.93. The quantitative estimate of drug-likeness (QED) is 0.318. The zero-order valence-corrected chi connectivity index (χ0v) is 32.7. The number of alkyl halides is 3. The lowest BCUT2D eigenvalue weighted by Crippen LogP contribution is -2.59. The highest BCUT2D eigenvalue weighted by molar-refractivity contribution is 7.89. The maximum atomic E-state index is 13.4. The summed E-state index contributed by atoms with van der Waals surface area (Å²) in [6.07, 6.45) is -4.35. The van der Waals surface area contributed by atoms with E-state index in [1.165, 1.54) is 24.3 Å². The zero-order valence-electron chi connectivity index (χ0n) is 31.1. The molecule has 3 amide bonds. The van der Waals surface area contributed by atoms with Crippen LogP contribution in [-0.4, -0.2) is 110 Å². The van der Waals surface area contributed by atoms with E-state index in [1.54, 1.807) is 44.7 Å². The number of halogens is 4. The number of fused-ring (bicyclic) bond motifs is 1. The van der Waals surface area contributed by atoms with Crippen LogP contribution in [0.5, 0.6) is 5.75 Å². The largest absolute Gasteiger partial charge is 0.484 e. The third-order valence-corrected chi connectivity index (χ3v) is 11.6. The Balaban J connectivity index is 1.18. The normalized spacial score (nSPS) is 21.1. The van der Waals surface area contributed by atoms with Crippen molar-refractivity contribution in [1.29, 1.82) is 5.26 Å². The van der Waals surface area contributed by atoms with Crippen molar-refractivity contribution in [2.45, 2.75) is 101 Å². The fourth-order valence-corrected chi connectivity index (χ4v) is 8.79. The van der Waals surface area contributed by atoms with Gasteiger partial charge in [-0.3, -0.25) is 14.5 Å². The van der Waals surface area contributed by atoms with Crippen molar-refractivity contribution in [3.63, 3.8) is 0 Å². The number of ether oxygens (including phenoxy) is 2. The van der Waals surface area contributed by atoms with Gasteiger partial charge in [-0.2, -0.15) is 18.4 Å². The van der Waals surface area contributed by atoms with E-state index in [2.05, 4.69) is 16.1 Å². The van der Waals surface area contributed by atoms with Crippen molar-refractivity contribution in [2.75, 3.05) is 39.3 Å². The van der Waals surface area contributed by atoms with E-state index in [9.17, 15) is 41.2 Å². The number of nitrogens with one attached hydrogen (secondary N) is 2. The lowest BCUT2D eigenvalue weighted by atomic mass is 10.0. The van der Waals surface area contributed by atoms with Crippen LogP contribution in [0.15, 0.2) is 41.3 Å². The lowest BCUT2D eigenvalue weighted by Gasteiger charge is -2.43. The summed E-state index contributed by atoms with van der Waals surface area (Å²) in [4.78, 5) is 41.0. The number of piperazine rings is 1. The third-order valence-electron chi connectivity index (χ3n) is 9.87. The van der Waals surface area contributed by atoms with Crippen LogP contribution in [0.2, 0.25) is 5.02 Å². The number of benzene rings is 2. The number of piperidine rings is 1. The molecule has 0 radical (unpaired) electrons. The number of sulfonamides is 1. The van der Waals surface area contributed by atoms with Crippen LogP contribution in [0.3, 0.4) is 0 Å². The molecule has 0 bridgehead atoms. The maximum Gasteiger partial charge on any atom is 0.471 e. The van der Waals surface area contributed by atoms with Gasteiger partial charge in [0.1, 0.15) is 17.5 Å². The number of likely N-dealkylation sites (tertiary alicyclic amines) is 1. The Bertz CT molecular complexity index is 1890. The van der Waals surface area contributed by atoms with Gasteiger partial charge in [0.25, 0.3) is 0 Å². The van der Waals surface area contributed by atoms with Crippen LogP contribution < -0.4 is 14.8 Å². The average Bonchev–Trinajstić information content (AvgIpc) is 3.46. The standard InChI is InChI=1S/C37H46ClF3N6O7S/c1-23-22-46(16-17-47(23)34(49)37(39,40)41)31-20-29-24(21-42)18-25(38)19-30(29)33(31)53-27-7-9-28(10-8-27)55(51,52)44-26-11-14-45(15-12-26)32(48)6-5-13-43-35(50)54-36(2,3)4/h7-10,18-19,23,26,31,33,44H,5-6,11-17,20,22H2,1-4H3,(H,43,50)/t23-,31+,33+/m1/s1. The van der Waals surface area contributed by atoms with E-state index in [1.807, 2.05) is 4.90 Å². The van der Waals surface area contributed by atoms with Crippen molar-refractivity contribution in [2.24, 2.45) is 0 Å². The molecule has 2 fully saturated rings. The highest BCUT2D eigenvalue weighted by atomic mass is 35.5. The molecule has 3 atom stereocenters. The number of amides is 3. The Morgan fingerprint density at radius 2 is 1.71 bits per heavy atom. The molecule has 3 aliphatic rings. The second-order valence-corrected chi connectivity index (χ2v) is 17.2. The molecule has 2 aromatic carbocycles. The van der Waals surface area contributed by atoms with Gasteiger partial charge >= 0.3 is 18.2 Å². The molecule has 1 aliphatic carbocycles. The summed E-state index contributed by atoms with van der Waals surface area (Å²) in [5, 5.41) is 12.8. The van der Waals surface area contributed by atoms with Gasteiger partial charge in [0.15, 0.2) is 0 Å². The van der Waals surface area contributed by atoms with Crippen LogP contribution >= 0.6 is 11.6 Å². The van der Waals surface area contributed by atoms with Gasteiger partial charge in [0.05, 0.1) is 22.6 Å². The minimum absolute atomic E-state index is 0.00769. The molecule has 0 saturated carbocycles. The monoisotopic (exact) mass is 810 g/mol. The lowest BCUT2D eigenvalue weighted by molar-refractivity contribution is -0.190. The van der Waals surface area contributed by atoms with Crippen molar-refractivity contribution in [1.82, 2.24) is 24.7 Å². The molecule has 2 aromatic rings. The van der Waals surface area contributed by atoms with Gasteiger partial charge in [-0.25, -0.2) is 17.9 Å². The van der Waals surface area contributed by atoms with Gasteiger partial charge in [-0.15, -0.1) is 0 Å². The molecule has 2 aliphatic heterocycles. The molecule has 2 heterocycles. The maximum absolute atomic E-state index is 13.4. The summed E-state index contributed by atoms with van der Waals surface area (Å²) in [6, 6.07) is 9.72. The Hall–Kier alpha value is -4.11. The van der Waals surface area contributed by atoms with Gasteiger partial charge in [0.2, 0.25) is 15.9 Å². The minimum atomic E-state index is -4.98. The van der Waals surface area contributed by atoms with E-state index in [4.69, 9.17) is 21.1 Å². The number of carbonyl (C=O) groups is 3. The second kappa shape index (κ2) is 16.9. The van der Waals surface area contributed by atoms with Gasteiger partial charge in [0, 0.05) is 62.8 Å². The highest BCUT2D eigenvalue weighted by Crippen LogP contribution is 2.42. The SMILES string of the molecule is C[C@@H]1CN([C@H]2Cc3c(C#N)cc(Cl)cc3[C@@H]2Oc2ccc(S(=O)(=O)NC3CCN(C(=O)CCCNC(=O)OC(C)(C)C)CC3)cc2)CCN1C(=O)C(F)(F)F. The first-order valence-corrected chi connectivity index (χ1v) is 20.0. The highest BCUT2D eigenvalue weighted by Gasteiger charge is 2.47. The number of hydrogen-bond donors (Lipinski definition) is 2. The minimum Gasteiger partial charge on any atom is -0.484 e. The fraction of sp³-hybridized carbons (Fsp3) is 0.568. The summed E-state index contributed by atoms with van der Waals surface area (Å²) >= 11 is 6.37. The molecule has 2 N–H and O–H groups in total. The van der Waals surface area contributed by atoms with Crippen LogP contribution in [0.4, 0.5) is 18.0 Å². The summed E-state index contributed by atoms with van der Waals surface area (Å²) < 4.78 is 80.8. The molecule has 5 rings (SSSR count). The second-order valence-electron chi connectivity index (χ2n) is 15.1. The van der Waals surface area contributed by atoms with Gasteiger partial charge < -0.3 is 24.6 Å². The Morgan fingerprint density at radius 3 is 2.31 bits per heavy atom. The van der Waals surface area contributed by atoms with Gasteiger partial charge in [-0.1, -0.05) is 11.6 Å². The van der Waals surface area contributed by atoms with Crippen LogP contribution in [-0.2, 0) is 30.8 Å². The average molecular weight is 811 g/mol. The molecule has 0 spiro atoms. The number of nitrogens with zero attached hydrogens (tertiary/aromatic N) is 4. The number of rotatable bonds is 10. The first-order chi connectivity index (χ1) is 25.8. The summed E-state index contributed by atoms with van der Waals surface area (Å²) in [7, 11) is -3.94. The first-order valence-electron chi connectivity index (χ1n) is 18.1. The van der Waals surface area contributed by atoms with E-state index >= 15 is 0 Å². The van der Waals surface area contributed by atoms with Crippen molar-refractivity contribution in [3.8, 4) is 11.8 Å².